The summed E-state index contributed by atoms with van der Waals surface area (Å²) in [7, 11) is 4.65. The van der Waals surface area contributed by atoms with Crippen LogP contribution < -0.4 is 19.5 Å². The Balaban J connectivity index is 2.00. The van der Waals surface area contributed by atoms with Crippen molar-refractivity contribution in [1.82, 2.24) is 4.90 Å². The molecular formula is C16H24N2O4. The monoisotopic (exact) mass is 308 g/mol. The van der Waals surface area contributed by atoms with Gasteiger partial charge in [-0.25, -0.2) is 0 Å². The van der Waals surface area contributed by atoms with Crippen molar-refractivity contribution in [3.05, 3.63) is 12.1 Å². The molecule has 6 heteroatoms. The van der Waals surface area contributed by atoms with Gasteiger partial charge in [-0.3, -0.25) is 4.79 Å². The van der Waals surface area contributed by atoms with E-state index in [2.05, 4.69) is 10.2 Å². The fourth-order valence-electron chi connectivity index (χ4n) is 2.64. The molecule has 1 aliphatic heterocycles. The average molecular weight is 308 g/mol. The van der Waals surface area contributed by atoms with Crippen LogP contribution in [0.2, 0.25) is 0 Å². The summed E-state index contributed by atoms with van der Waals surface area (Å²) in [4.78, 5) is 14.4. The lowest BCUT2D eigenvalue weighted by atomic mass is 10.2. The van der Waals surface area contributed by atoms with E-state index < -0.39 is 0 Å². The number of nitrogens with one attached hydrogen (secondary N) is 1. The van der Waals surface area contributed by atoms with Crippen LogP contribution in [0.4, 0.5) is 5.69 Å². The molecule has 0 saturated carbocycles. The van der Waals surface area contributed by atoms with Gasteiger partial charge in [0.2, 0.25) is 11.7 Å². The van der Waals surface area contributed by atoms with E-state index in [4.69, 9.17) is 14.2 Å². The summed E-state index contributed by atoms with van der Waals surface area (Å²) in [5, 5.41) is 2.89. The van der Waals surface area contributed by atoms with E-state index >= 15 is 0 Å². The number of ether oxygens (including phenoxy) is 3. The number of likely N-dealkylation sites (tertiary alicyclic amines) is 1. The van der Waals surface area contributed by atoms with E-state index in [-0.39, 0.29) is 5.91 Å². The first-order valence-electron chi connectivity index (χ1n) is 7.50. The predicted octanol–water partition coefficient (Wildman–Crippen LogP) is 2.14. The SMILES string of the molecule is COc1cc(NC(=O)CCN2CCCC2)cc(OC)c1OC. The standard InChI is InChI=1S/C16H24N2O4/c1-20-13-10-12(11-14(21-2)16(13)22-3)17-15(19)6-9-18-7-4-5-8-18/h10-11H,4-9H2,1-3H3,(H,17,19). The first kappa shape index (κ1) is 16.4. The molecule has 1 heterocycles. The number of rotatable bonds is 7. The highest BCUT2D eigenvalue weighted by Crippen LogP contribution is 2.39. The Kier molecular flexibility index (Phi) is 5.89. The topological polar surface area (TPSA) is 60.0 Å². The molecule has 1 saturated heterocycles. The molecule has 2 rings (SSSR count). The molecule has 1 amide bonds. The summed E-state index contributed by atoms with van der Waals surface area (Å²) >= 11 is 0. The Morgan fingerprint density at radius 3 is 2.18 bits per heavy atom. The minimum atomic E-state index is -0.0128. The first-order valence-corrected chi connectivity index (χ1v) is 7.50. The summed E-state index contributed by atoms with van der Waals surface area (Å²) in [5.74, 6) is 1.55. The lowest BCUT2D eigenvalue weighted by Crippen LogP contribution is -2.25. The Hall–Kier alpha value is -1.95. The molecule has 6 nitrogen and oxygen atoms in total. The van der Waals surface area contributed by atoms with Gasteiger partial charge in [0.15, 0.2) is 11.5 Å². The third-order valence-corrected chi connectivity index (χ3v) is 3.80. The van der Waals surface area contributed by atoms with E-state index in [1.54, 1.807) is 33.5 Å². The van der Waals surface area contributed by atoms with Gasteiger partial charge in [0, 0.05) is 30.8 Å². The molecule has 0 atom stereocenters. The predicted molar refractivity (Wildman–Crippen MR) is 85.0 cm³/mol. The maximum absolute atomic E-state index is 12.1. The van der Waals surface area contributed by atoms with Crippen molar-refractivity contribution < 1.29 is 19.0 Å². The van der Waals surface area contributed by atoms with E-state index in [9.17, 15) is 4.79 Å². The maximum atomic E-state index is 12.1. The number of methoxy groups -OCH3 is 3. The third-order valence-electron chi connectivity index (χ3n) is 3.80. The van der Waals surface area contributed by atoms with Crippen molar-refractivity contribution in [2.45, 2.75) is 19.3 Å². The van der Waals surface area contributed by atoms with Crippen molar-refractivity contribution in [3.8, 4) is 17.2 Å². The second kappa shape index (κ2) is 7.89. The summed E-state index contributed by atoms with van der Waals surface area (Å²) in [6.45, 7) is 2.99. The molecule has 0 radical (unpaired) electrons. The Morgan fingerprint density at radius 1 is 1.09 bits per heavy atom. The Bertz CT molecular complexity index is 488. The molecule has 1 aliphatic rings. The molecule has 122 valence electrons. The van der Waals surface area contributed by atoms with Crippen LogP contribution in [0.15, 0.2) is 12.1 Å². The number of hydrogen-bond donors (Lipinski definition) is 1. The molecule has 0 aliphatic carbocycles. The molecule has 0 bridgehead atoms. The van der Waals surface area contributed by atoms with Gasteiger partial charge in [-0.2, -0.15) is 0 Å². The van der Waals surface area contributed by atoms with E-state index in [0.29, 0.717) is 29.4 Å². The molecule has 1 aromatic carbocycles. The van der Waals surface area contributed by atoms with E-state index in [1.165, 1.54) is 12.8 Å². The zero-order chi connectivity index (χ0) is 15.9. The largest absolute Gasteiger partial charge is 0.493 e. The molecule has 0 unspecified atom stereocenters. The molecule has 22 heavy (non-hydrogen) atoms. The lowest BCUT2D eigenvalue weighted by molar-refractivity contribution is -0.116. The molecule has 1 N–H and O–H groups in total. The van der Waals surface area contributed by atoms with Gasteiger partial charge in [-0.15, -0.1) is 0 Å². The Labute approximate surface area is 131 Å². The highest BCUT2D eigenvalue weighted by Gasteiger charge is 2.16. The summed E-state index contributed by atoms with van der Waals surface area (Å²) in [6, 6.07) is 3.46. The maximum Gasteiger partial charge on any atom is 0.225 e. The summed E-state index contributed by atoms with van der Waals surface area (Å²) in [5.41, 5.74) is 0.640. The second-order valence-electron chi connectivity index (χ2n) is 5.26. The number of hydrogen-bond acceptors (Lipinski definition) is 5. The van der Waals surface area contributed by atoms with Gasteiger partial charge in [0.1, 0.15) is 0 Å². The third kappa shape index (κ3) is 4.04. The zero-order valence-corrected chi connectivity index (χ0v) is 13.5. The highest BCUT2D eigenvalue weighted by atomic mass is 16.5. The van der Waals surface area contributed by atoms with Gasteiger partial charge in [-0.05, 0) is 25.9 Å². The number of amides is 1. The van der Waals surface area contributed by atoms with Crippen LogP contribution in [-0.4, -0.2) is 51.8 Å². The molecular weight excluding hydrogens is 284 g/mol. The van der Waals surface area contributed by atoms with Crippen LogP contribution in [0.1, 0.15) is 19.3 Å². The van der Waals surface area contributed by atoms with Crippen LogP contribution >= 0.6 is 0 Å². The molecule has 1 fully saturated rings. The summed E-state index contributed by atoms with van der Waals surface area (Å²) in [6.07, 6.45) is 2.94. The number of anilines is 1. The van der Waals surface area contributed by atoms with Crippen molar-refractivity contribution in [1.29, 1.82) is 0 Å². The average Bonchev–Trinajstić information content (AvgIpc) is 3.05. The van der Waals surface area contributed by atoms with Crippen LogP contribution in [0.25, 0.3) is 0 Å². The van der Waals surface area contributed by atoms with Gasteiger partial charge in [0.25, 0.3) is 0 Å². The molecule has 0 aromatic heterocycles. The van der Waals surface area contributed by atoms with Gasteiger partial charge < -0.3 is 24.4 Å². The van der Waals surface area contributed by atoms with Crippen molar-refractivity contribution in [2.24, 2.45) is 0 Å². The molecule has 1 aromatic rings. The highest BCUT2D eigenvalue weighted by molar-refractivity contribution is 5.91. The number of carbonyl (C=O) groups is 1. The van der Waals surface area contributed by atoms with Crippen LogP contribution in [0.3, 0.4) is 0 Å². The Morgan fingerprint density at radius 2 is 1.68 bits per heavy atom. The van der Waals surface area contributed by atoms with Crippen LogP contribution in [0.5, 0.6) is 17.2 Å². The normalized spacial score (nSPS) is 14.7. The number of benzene rings is 1. The van der Waals surface area contributed by atoms with Crippen LogP contribution in [0, 0.1) is 0 Å². The molecule has 0 spiro atoms. The van der Waals surface area contributed by atoms with Crippen molar-refractivity contribution in [2.75, 3.05) is 46.3 Å². The minimum Gasteiger partial charge on any atom is -0.493 e. The van der Waals surface area contributed by atoms with Crippen LogP contribution in [-0.2, 0) is 4.79 Å². The van der Waals surface area contributed by atoms with E-state index in [0.717, 1.165) is 19.6 Å². The van der Waals surface area contributed by atoms with Crippen molar-refractivity contribution in [3.63, 3.8) is 0 Å². The van der Waals surface area contributed by atoms with Crippen molar-refractivity contribution >= 4 is 11.6 Å². The smallest absolute Gasteiger partial charge is 0.225 e. The summed E-state index contributed by atoms with van der Waals surface area (Å²) < 4.78 is 15.8. The number of carbonyl (C=O) groups excluding carboxylic acids is 1. The fourth-order valence-corrected chi connectivity index (χ4v) is 2.64. The van der Waals surface area contributed by atoms with Gasteiger partial charge in [0.05, 0.1) is 21.3 Å². The quantitative estimate of drug-likeness (QED) is 0.836. The van der Waals surface area contributed by atoms with Gasteiger partial charge in [-0.1, -0.05) is 0 Å². The van der Waals surface area contributed by atoms with E-state index in [1.807, 2.05) is 0 Å². The fraction of sp³-hybridized carbons (Fsp3) is 0.562. The number of nitrogens with zero attached hydrogens (tertiary/aromatic N) is 1. The lowest BCUT2D eigenvalue weighted by Gasteiger charge is -2.16. The zero-order valence-electron chi connectivity index (χ0n) is 13.5. The van der Waals surface area contributed by atoms with Gasteiger partial charge >= 0.3 is 0 Å². The minimum absolute atomic E-state index is 0.0128. The second-order valence-corrected chi connectivity index (χ2v) is 5.26. The first-order chi connectivity index (χ1) is 10.7.